The van der Waals surface area contributed by atoms with Gasteiger partial charge in [0.15, 0.2) is 0 Å². The Morgan fingerprint density at radius 3 is 1.85 bits per heavy atom. The molecule has 0 amide bonds. The Bertz CT molecular complexity index is 119. The van der Waals surface area contributed by atoms with Crippen molar-refractivity contribution in [3.05, 3.63) is 0 Å². The first-order valence-electron chi connectivity index (χ1n) is 4.48. The van der Waals surface area contributed by atoms with Gasteiger partial charge in [-0.05, 0) is 20.8 Å². The summed E-state index contributed by atoms with van der Waals surface area (Å²) < 4.78 is 5.61. The first kappa shape index (κ1) is 13.5. The van der Waals surface area contributed by atoms with Crippen molar-refractivity contribution in [3.8, 4) is 0 Å². The molecule has 0 saturated carbocycles. The van der Waals surface area contributed by atoms with Crippen molar-refractivity contribution < 1.29 is 4.74 Å². The lowest BCUT2D eigenvalue weighted by Crippen LogP contribution is -2.34. The molecule has 0 aromatic rings. The average molecular weight is 228 g/mol. The lowest BCUT2D eigenvalue weighted by molar-refractivity contribution is -0.0600. The maximum atomic E-state index is 5.64. The van der Waals surface area contributed by atoms with Crippen LogP contribution in [-0.2, 0) is 4.74 Å². The molecule has 0 rings (SSSR count). The lowest BCUT2D eigenvalue weighted by Gasteiger charge is -2.26. The van der Waals surface area contributed by atoms with Crippen molar-refractivity contribution in [2.45, 2.75) is 26.4 Å². The molecule has 80 valence electrons. The average Bonchev–Trinajstić information content (AvgIpc) is 2.00. The van der Waals surface area contributed by atoms with Crippen LogP contribution in [0.2, 0.25) is 0 Å². The van der Waals surface area contributed by atoms with E-state index in [4.69, 9.17) is 27.9 Å². The van der Waals surface area contributed by atoms with Crippen LogP contribution in [0, 0.1) is 0 Å². The highest BCUT2D eigenvalue weighted by molar-refractivity contribution is 6.18. The van der Waals surface area contributed by atoms with Crippen molar-refractivity contribution in [3.63, 3.8) is 0 Å². The van der Waals surface area contributed by atoms with Gasteiger partial charge in [-0.3, -0.25) is 4.90 Å². The highest BCUT2D eigenvalue weighted by Gasteiger charge is 2.12. The normalized spacial score (nSPS) is 12.5. The minimum Gasteiger partial charge on any atom is -0.360 e. The first-order chi connectivity index (χ1) is 5.99. The minimum atomic E-state index is -0.100. The third-order valence-corrected chi connectivity index (χ3v) is 1.82. The number of rotatable bonds is 6. The molecule has 0 fully saturated rings. The van der Waals surface area contributed by atoms with Gasteiger partial charge in [0.2, 0.25) is 0 Å². The minimum absolute atomic E-state index is 0.100. The largest absolute Gasteiger partial charge is 0.360 e. The van der Waals surface area contributed by atoms with Crippen LogP contribution in [0.3, 0.4) is 0 Å². The molecule has 0 aromatic carbocycles. The maximum Gasteiger partial charge on any atom is 0.0998 e. The van der Waals surface area contributed by atoms with Crippen molar-refractivity contribution >= 4 is 23.2 Å². The van der Waals surface area contributed by atoms with Crippen LogP contribution in [0.5, 0.6) is 0 Å². The molecule has 0 atom stereocenters. The predicted molar refractivity (Wildman–Crippen MR) is 58.7 cm³/mol. The van der Waals surface area contributed by atoms with Gasteiger partial charge in [-0.25, -0.2) is 0 Å². The molecule has 0 aliphatic heterocycles. The number of halogens is 2. The number of hydrogen-bond acceptors (Lipinski definition) is 2. The monoisotopic (exact) mass is 227 g/mol. The molecule has 0 unspecified atom stereocenters. The fourth-order valence-electron chi connectivity index (χ4n) is 0.765. The molecule has 0 heterocycles. The molecule has 4 heteroatoms. The number of alkyl halides is 2. The van der Waals surface area contributed by atoms with E-state index in [1.54, 1.807) is 0 Å². The Labute approximate surface area is 91.1 Å². The van der Waals surface area contributed by atoms with E-state index in [2.05, 4.69) is 4.90 Å². The van der Waals surface area contributed by atoms with Gasteiger partial charge in [-0.15, -0.1) is 23.2 Å². The predicted octanol–water partition coefficient (Wildman–Crippen LogP) is 2.54. The van der Waals surface area contributed by atoms with Gasteiger partial charge in [-0.1, -0.05) is 0 Å². The summed E-state index contributed by atoms with van der Waals surface area (Å²) in [5, 5.41) is 0. The zero-order valence-corrected chi connectivity index (χ0v) is 10.2. The maximum absolute atomic E-state index is 5.64. The van der Waals surface area contributed by atoms with E-state index in [1.807, 2.05) is 20.8 Å². The summed E-state index contributed by atoms with van der Waals surface area (Å²) in [5.41, 5.74) is -0.100. The zero-order chi connectivity index (χ0) is 10.3. The summed E-state index contributed by atoms with van der Waals surface area (Å²) in [6.45, 7) is 8.35. The molecule has 0 bridgehead atoms. The van der Waals surface area contributed by atoms with Gasteiger partial charge in [0, 0.05) is 24.8 Å². The van der Waals surface area contributed by atoms with Crippen molar-refractivity contribution in [1.29, 1.82) is 0 Å². The summed E-state index contributed by atoms with van der Waals surface area (Å²) in [6, 6.07) is 0. The molecule has 0 N–H and O–H groups in total. The third kappa shape index (κ3) is 8.82. The molecule has 0 spiro atoms. The van der Waals surface area contributed by atoms with Crippen LogP contribution in [0.4, 0.5) is 0 Å². The van der Waals surface area contributed by atoms with Gasteiger partial charge in [-0.2, -0.15) is 0 Å². The molecular weight excluding hydrogens is 209 g/mol. The summed E-state index contributed by atoms with van der Waals surface area (Å²) in [5.74, 6) is 1.23. The van der Waals surface area contributed by atoms with Crippen LogP contribution in [0.15, 0.2) is 0 Å². The first-order valence-corrected chi connectivity index (χ1v) is 5.55. The quantitative estimate of drug-likeness (QED) is 0.511. The van der Waals surface area contributed by atoms with Crippen molar-refractivity contribution in [2.75, 3.05) is 31.6 Å². The van der Waals surface area contributed by atoms with E-state index in [9.17, 15) is 0 Å². The molecule has 0 aromatic heterocycles. The topological polar surface area (TPSA) is 12.5 Å². The zero-order valence-electron chi connectivity index (χ0n) is 8.65. The SMILES string of the molecule is CC(C)(C)OCN(CCCl)CCCl. The molecule has 0 saturated heterocycles. The van der Waals surface area contributed by atoms with Gasteiger partial charge < -0.3 is 4.74 Å². The smallest absolute Gasteiger partial charge is 0.0998 e. The summed E-state index contributed by atoms with van der Waals surface area (Å²) >= 11 is 11.3. The second kappa shape index (κ2) is 6.88. The molecule has 0 aliphatic carbocycles. The molecule has 13 heavy (non-hydrogen) atoms. The van der Waals surface area contributed by atoms with Crippen LogP contribution in [0.1, 0.15) is 20.8 Å². The van der Waals surface area contributed by atoms with E-state index in [1.165, 1.54) is 0 Å². The fourth-order valence-corrected chi connectivity index (χ4v) is 1.24. The van der Waals surface area contributed by atoms with Gasteiger partial charge >= 0.3 is 0 Å². The third-order valence-electron chi connectivity index (χ3n) is 1.48. The van der Waals surface area contributed by atoms with Crippen LogP contribution in [-0.4, -0.2) is 42.1 Å². The highest BCUT2D eigenvalue weighted by atomic mass is 35.5. The Morgan fingerprint density at radius 1 is 1.08 bits per heavy atom. The van der Waals surface area contributed by atoms with Crippen molar-refractivity contribution in [1.82, 2.24) is 4.90 Å². The van der Waals surface area contributed by atoms with E-state index >= 15 is 0 Å². The Morgan fingerprint density at radius 2 is 1.54 bits per heavy atom. The van der Waals surface area contributed by atoms with E-state index in [-0.39, 0.29) is 5.60 Å². The van der Waals surface area contributed by atoms with Crippen LogP contribution < -0.4 is 0 Å². The standard InChI is InChI=1S/C9H19Cl2NO/c1-9(2,3)13-8-12(6-4-10)7-5-11/h4-8H2,1-3H3. The van der Waals surface area contributed by atoms with E-state index < -0.39 is 0 Å². The summed E-state index contributed by atoms with van der Waals surface area (Å²) in [6.07, 6.45) is 0. The molecule has 0 aliphatic rings. The Balaban J connectivity index is 3.68. The fraction of sp³-hybridized carbons (Fsp3) is 1.00. The number of ether oxygens (including phenoxy) is 1. The van der Waals surface area contributed by atoms with Gasteiger partial charge in [0.1, 0.15) is 0 Å². The summed E-state index contributed by atoms with van der Waals surface area (Å²) in [7, 11) is 0. The van der Waals surface area contributed by atoms with Crippen molar-refractivity contribution in [2.24, 2.45) is 0 Å². The second-order valence-electron chi connectivity index (χ2n) is 3.88. The summed E-state index contributed by atoms with van der Waals surface area (Å²) in [4.78, 5) is 2.10. The van der Waals surface area contributed by atoms with Gasteiger partial charge in [0.25, 0.3) is 0 Å². The van der Waals surface area contributed by atoms with E-state index in [0.717, 1.165) is 13.1 Å². The Hall–Kier alpha value is 0.500. The lowest BCUT2D eigenvalue weighted by atomic mass is 10.2. The number of nitrogens with zero attached hydrogens (tertiary/aromatic N) is 1. The highest BCUT2D eigenvalue weighted by Crippen LogP contribution is 2.07. The molecule has 2 nitrogen and oxygen atoms in total. The molecule has 0 radical (unpaired) electrons. The molecular formula is C9H19Cl2NO. The Kier molecular flexibility index (Phi) is 7.15. The van der Waals surface area contributed by atoms with Crippen LogP contribution >= 0.6 is 23.2 Å². The van der Waals surface area contributed by atoms with Crippen LogP contribution in [0.25, 0.3) is 0 Å². The van der Waals surface area contributed by atoms with Gasteiger partial charge in [0.05, 0.1) is 12.3 Å². The van der Waals surface area contributed by atoms with E-state index in [0.29, 0.717) is 18.5 Å². The number of hydrogen-bond donors (Lipinski definition) is 0. The second-order valence-corrected chi connectivity index (χ2v) is 4.64.